The normalized spacial score (nSPS) is 16.5. The zero-order chi connectivity index (χ0) is 12.1. The van der Waals surface area contributed by atoms with Gasteiger partial charge in [0.05, 0.1) is 11.5 Å². The van der Waals surface area contributed by atoms with Crippen molar-refractivity contribution in [2.24, 2.45) is 5.41 Å². The molecular formula is C15H20N2. The van der Waals surface area contributed by atoms with Gasteiger partial charge in [-0.3, -0.25) is 0 Å². The van der Waals surface area contributed by atoms with Crippen LogP contribution in [-0.2, 0) is 13.0 Å². The summed E-state index contributed by atoms with van der Waals surface area (Å²) in [7, 11) is 0. The van der Waals surface area contributed by atoms with Crippen molar-refractivity contribution >= 4 is 0 Å². The fraction of sp³-hybridized carbons (Fsp3) is 0.533. The Morgan fingerprint density at radius 2 is 1.88 bits per heavy atom. The van der Waals surface area contributed by atoms with E-state index >= 15 is 0 Å². The van der Waals surface area contributed by atoms with Gasteiger partial charge < -0.3 is 5.32 Å². The first kappa shape index (κ1) is 12.1. The highest BCUT2D eigenvalue weighted by molar-refractivity contribution is 5.22. The first-order valence-electron chi connectivity index (χ1n) is 6.48. The molecule has 1 N–H and O–H groups in total. The Balaban J connectivity index is 1.77. The monoisotopic (exact) mass is 228 g/mol. The van der Waals surface area contributed by atoms with E-state index in [2.05, 4.69) is 42.6 Å². The van der Waals surface area contributed by atoms with Crippen molar-refractivity contribution in [1.82, 2.24) is 5.32 Å². The van der Waals surface area contributed by atoms with Gasteiger partial charge in [-0.1, -0.05) is 37.6 Å². The smallest absolute Gasteiger partial charge is 0.0703 e. The number of aryl methyl sites for hydroxylation is 1. The van der Waals surface area contributed by atoms with Crippen LogP contribution in [0.15, 0.2) is 24.3 Å². The quantitative estimate of drug-likeness (QED) is 0.812. The second kappa shape index (κ2) is 5.33. The molecule has 0 unspecified atom stereocenters. The van der Waals surface area contributed by atoms with E-state index in [1.807, 2.05) is 0 Å². The van der Waals surface area contributed by atoms with Crippen molar-refractivity contribution in [2.75, 3.05) is 6.54 Å². The molecule has 0 radical (unpaired) electrons. The average molecular weight is 228 g/mol. The molecule has 2 nitrogen and oxygen atoms in total. The number of hydrogen-bond acceptors (Lipinski definition) is 2. The van der Waals surface area contributed by atoms with Crippen LogP contribution in [0.2, 0.25) is 0 Å². The molecule has 0 heterocycles. The number of nitrogens with zero attached hydrogens (tertiary/aromatic N) is 1. The molecular weight excluding hydrogens is 208 g/mol. The van der Waals surface area contributed by atoms with Gasteiger partial charge in [-0.15, -0.1) is 0 Å². The van der Waals surface area contributed by atoms with Crippen molar-refractivity contribution in [2.45, 2.75) is 39.2 Å². The Morgan fingerprint density at radius 1 is 1.24 bits per heavy atom. The Labute approximate surface area is 104 Å². The third-order valence-electron chi connectivity index (χ3n) is 3.44. The van der Waals surface area contributed by atoms with Crippen molar-refractivity contribution in [3.05, 3.63) is 35.4 Å². The van der Waals surface area contributed by atoms with E-state index in [1.54, 1.807) is 0 Å². The summed E-state index contributed by atoms with van der Waals surface area (Å²) >= 11 is 0. The summed E-state index contributed by atoms with van der Waals surface area (Å²) in [5, 5.41) is 12.3. The Kier molecular flexibility index (Phi) is 3.81. The zero-order valence-electron chi connectivity index (χ0n) is 10.5. The van der Waals surface area contributed by atoms with E-state index in [1.165, 1.54) is 17.5 Å². The van der Waals surface area contributed by atoms with E-state index in [-0.39, 0.29) is 5.41 Å². The van der Waals surface area contributed by atoms with Crippen LogP contribution in [-0.4, -0.2) is 6.54 Å². The van der Waals surface area contributed by atoms with E-state index < -0.39 is 0 Å². The number of hydrogen-bond donors (Lipinski definition) is 1. The molecule has 1 aromatic carbocycles. The molecule has 0 atom stereocenters. The van der Waals surface area contributed by atoms with Crippen molar-refractivity contribution < 1.29 is 0 Å². The third-order valence-corrected chi connectivity index (χ3v) is 3.44. The minimum Gasteiger partial charge on any atom is -0.311 e. The fourth-order valence-corrected chi connectivity index (χ4v) is 2.04. The van der Waals surface area contributed by atoms with Crippen molar-refractivity contribution in [3.8, 4) is 6.07 Å². The van der Waals surface area contributed by atoms with E-state index in [9.17, 15) is 0 Å². The second-order valence-corrected chi connectivity index (χ2v) is 5.06. The lowest BCUT2D eigenvalue weighted by molar-refractivity contribution is 0.558. The first-order valence-corrected chi connectivity index (χ1v) is 6.48. The molecule has 0 bridgehead atoms. The van der Waals surface area contributed by atoms with Gasteiger partial charge in [0, 0.05) is 13.1 Å². The predicted molar refractivity (Wildman–Crippen MR) is 69.4 cm³/mol. The highest BCUT2D eigenvalue weighted by Crippen LogP contribution is 2.44. The number of benzene rings is 1. The minimum atomic E-state index is -0.0395. The first-order chi connectivity index (χ1) is 8.28. The van der Waals surface area contributed by atoms with Gasteiger partial charge in [0.15, 0.2) is 0 Å². The van der Waals surface area contributed by atoms with E-state index in [0.717, 1.165) is 32.4 Å². The van der Waals surface area contributed by atoms with Gasteiger partial charge in [-0.05, 0) is 30.4 Å². The number of rotatable bonds is 6. The van der Waals surface area contributed by atoms with Crippen molar-refractivity contribution in [1.29, 1.82) is 5.26 Å². The molecule has 2 rings (SSSR count). The number of nitriles is 1. The summed E-state index contributed by atoms with van der Waals surface area (Å²) in [6.45, 7) is 3.91. The maximum absolute atomic E-state index is 8.96. The molecule has 0 aliphatic heterocycles. The largest absolute Gasteiger partial charge is 0.311 e. The molecule has 1 aliphatic carbocycles. The van der Waals surface area contributed by atoms with Crippen LogP contribution in [0, 0.1) is 16.7 Å². The van der Waals surface area contributed by atoms with Crippen LogP contribution in [0.25, 0.3) is 0 Å². The standard InChI is InChI=1S/C15H20N2/c1-2-3-13-4-6-14(7-5-13)10-17-12-15(11-16)8-9-15/h4-7,17H,2-3,8-10,12H2,1H3. The predicted octanol–water partition coefficient (Wildman–Crippen LogP) is 3.03. The Bertz CT molecular complexity index is 396. The zero-order valence-corrected chi connectivity index (χ0v) is 10.5. The van der Waals surface area contributed by atoms with Gasteiger partial charge in [-0.2, -0.15) is 5.26 Å². The van der Waals surface area contributed by atoms with Crippen LogP contribution < -0.4 is 5.32 Å². The lowest BCUT2D eigenvalue weighted by atomic mass is 10.1. The molecule has 0 amide bonds. The summed E-state index contributed by atoms with van der Waals surface area (Å²) in [5.41, 5.74) is 2.67. The van der Waals surface area contributed by atoms with Gasteiger partial charge in [0.25, 0.3) is 0 Å². The Morgan fingerprint density at radius 3 is 2.41 bits per heavy atom. The molecule has 1 aromatic rings. The summed E-state index contributed by atoms with van der Waals surface area (Å²) in [6, 6.07) is 11.2. The van der Waals surface area contributed by atoms with Crippen molar-refractivity contribution in [3.63, 3.8) is 0 Å². The molecule has 17 heavy (non-hydrogen) atoms. The highest BCUT2D eigenvalue weighted by Gasteiger charge is 2.42. The van der Waals surface area contributed by atoms with Crippen LogP contribution in [0.1, 0.15) is 37.3 Å². The lowest BCUT2D eigenvalue weighted by Crippen LogP contribution is -2.22. The molecule has 1 fully saturated rings. The Hall–Kier alpha value is -1.33. The topological polar surface area (TPSA) is 35.8 Å². The molecule has 0 saturated heterocycles. The summed E-state index contributed by atoms with van der Waals surface area (Å²) < 4.78 is 0. The summed E-state index contributed by atoms with van der Waals surface area (Å²) in [5.74, 6) is 0. The fourth-order valence-electron chi connectivity index (χ4n) is 2.04. The maximum atomic E-state index is 8.96. The van der Waals surface area contributed by atoms with Gasteiger partial charge in [0.2, 0.25) is 0 Å². The van der Waals surface area contributed by atoms with Crippen LogP contribution >= 0.6 is 0 Å². The molecule has 1 aliphatic rings. The van der Waals surface area contributed by atoms with Gasteiger partial charge in [0.1, 0.15) is 0 Å². The summed E-state index contributed by atoms with van der Waals surface area (Å²) in [4.78, 5) is 0. The SMILES string of the molecule is CCCc1ccc(CNCC2(C#N)CC2)cc1. The lowest BCUT2D eigenvalue weighted by Gasteiger charge is -2.08. The van der Waals surface area contributed by atoms with Gasteiger partial charge in [-0.25, -0.2) is 0 Å². The third kappa shape index (κ3) is 3.31. The molecule has 0 aromatic heterocycles. The van der Waals surface area contributed by atoms with Crippen LogP contribution in [0.3, 0.4) is 0 Å². The molecule has 90 valence electrons. The van der Waals surface area contributed by atoms with Crippen LogP contribution in [0.5, 0.6) is 0 Å². The molecule has 0 spiro atoms. The summed E-state index contributed by atoms with van der Waals surface area (Å²) in [6.07, 6.45) is 4.48. The average Bonchev–Trinajstić information content (AvgIpc) is 3.13. The van der Waals surface area contributed by atoms with E-state index in [0.29, 0.717) is 0 Å². The van der Waals surface area contributed by atoms with Gasteiger partial charge >= 0.3 is 0 Å². The minimum absolute atomic E-state index is 0.0395. The van der Waals surface area contributed by atoms with E-state index in [4.69, 9.17) is 5.26 Å². The van der Waals surface area contributed by atoms with Crippen LogP contribution in [0.4, 0.5) is 0 Å². The molecule has 2 heteroatoms. The molecule has 1 saturated carbocycles. The maximum Gasteiger partial charge on any atom is 0.0703 e. The second-order valence-electron chi connectivity index (χ2n) is 5.06. The number of nitrogens with one attached hydrogen (secondary N) is 1. The highest BCUT2D eigenvalue weighted by atomic mass is 14.9.